The summed E-state index contributed by atoms with van der Waals surface area (Å²) < 4.78 is 54.0. The molecule has 1 aromatic heterocycles. The molecule has 1 unspecified atom stereocenters. The van der Waals surface area contributed by atoms with E-state index in [1.54, 1.807) is 42.7 Å². The van der Waals surface area contributed by atoms with Gasteiger partial charge >= 0.3 is 12.1 Å². The minimum absolute atomic E-state index is 0.0865. The van der Waals surface area contributed by atoms with Gasteiger partial charge in [0.2, 0.25) is 5.91 Å². The molecule has 3 N–H and O–H groups in total. The summed E-state index contributed by atoms with van der Waals surface area (Å²) in [6.45, 7) is 5.87. The smallest absolute Gasteiger partial charge is 0.490 e. The summed E-state index contributed by atoms with van der Waals surface area (Å²) >= 11 is 0. The SMILES string of the molecule is CCOc1cc(C(C(=O)NCc2cccc(OC(=O)C(F)(F)F)c2)N(N)c2ccc3cnccc3c2)ccc1OC(C)C. The van der Waals surface area contributed by atoms with Gasteiger partial charge in [-0.1, -0.05) is 24.3 Å². The van der Waals surface area contributed by atoms with E-state index >= 15 is 0 Å². The van der Waals surface area contributed by atoms with Crippen LogP contribution in [0, 0.1) is 0 Å². The average molecular weight is 597 g/mol. The van der Waals surface area contributed by atoms with Crippen molar-refractivity contribution in [3.8, 4) is 17.2 Å². The number of rotatable bonds is 11. The Labute approximate surface area is 246 Å². The van der Waals surface area contributed by atoms with E-state index in [-0.39, 0.29) is 18.4 Å². The predicted octanol–water partition coefficient (Wildman–Crippen LogP) is 5.63. The van der Waals surface area contributed by atoms with Gasteiger partial charge in [0.25, 0.3) is 0 Å². The van der Waals surface area contributed by atoms with Gasteiger partial charge in [-0.05, 0) is 79.7 Å². The normalized spacial score (nSPS) is 12.1. The number of hydrazine groups is 1. The molecule has 1 amide bonds. The summed E-state index contributed by atoms with van der Waals surface area (Å²) in [6.07, 6.45) is -1.89. The number of fused-ring (bicyclic) bond motifs is 1. The van der Waals surface area contributed by atoms with E-state index in [1.165, 1.54) is 23.2 Å². The van der Waals surface area contributed by atoms with Crippen molar-refractivity contribution in [2.45, 2.75) is 45.6 Å². The monoisotopic (exact) mass is 596 g/mol. The molecule has 0 saturated heterocycles. The van der Waals surface area contributed by atoms with Crippen LogP contribution in [0.5, 0.6) is 17.2 Å². The van der Waals surface area contributed by atoms with Gasteiger partial charge in [0.1, 0.15) is 11.8 Å². The van der Waals surface area contributed by atoms with Gasteiger partial charge in [-0.15, -0.1) is 0 Å². The highest BCUT2D eigenvalue weighted by Gasteiger charge is 2.41. The fourth-order valence-corrected chi connectivity index (χ4v) is 4.30. The van der Waals surface area contributed by atoms with Crippen LogP contribution in [0.2, 0.25) is 0 Å². The highest BCUT2D eigenvalue weighted by atomic mass is 19.4. The van der Waals surface area contributed by atoms with Crippen LogP contribution >= 0.6 is 0 Å². The van der Waals surface area contributed by atoms with Crippen molar-refractivity contribution in [1.29, 1.82) is 0 Å². The molecule has 0 fully saturated rings. The number of halogens is 3. The van der Waals surface area contributed by atoms with E-state index in [9.17, 15) is 22.8 Å². The summed E-state index contributed by atoms with van der Waals surface area (Å²) in [6, 6.07) is 16.8. The van der Waals surface area contributed by atoms with Gasteiger partial charge < -0.3 is 19.5 Å². The van der Waals surface area contributed by atoms with E-state index in [0.29, 0.717) is 34.9 Å². The maximum absolute atomic E-state index is 13.8. The molecule has 12 heteroatoms. The second kappa shape index (κ2) is 13.4. The number of nitrogens with zero attached hydrogens (tertiary/aromatic N) is 2. The van der Waals surface area contributed by atoms with Crippen LogP contribution in [-0.4, -0.2) is 35.7 Å². The maximum Gasteiger partial charge on any atom is 0.491 e. The lowest BCUT2D eigenvalue weighted by molar-refractivity contribution is -0.189. The number of nitrogens with two attached hydrogens (primary N) is 1. The fourth-order valence-electron chi connectivity index (χ4n) is 4.30. The third kappa shape index (κ3) is 7.92. The van der Waals surface area contributed by atoms with Crippen molar-refractivity contribution in [1.82, 2.24) is 10.3 Å². The van der Waals surface area contributed by atoms with Gasteiger partial charge in [0, 0.05) is 24.3 Å². The highest BCUT2D eigenvalue weighted by molar-refractivity contribution is 5.89. The number of alkyl halides is 3. The Hall–Kier alpha value is -4.84. The minimum Gasteiger partial charge on any atom is -0.490 e. The number of hydrogen-bond acceptors (Lipinski definition) is 8. The Morgan fingerprint density at radius 2 is 1.79 bits per heavy atom. The first-order chi connectivity index (χ1) is 20.5. The van der Waals surface area contributed by atoms with Gasteiger partial charge in [0.15, 0.2) is 11.5 Å². The summed E-state index contributed by atoms with van der Waals surface area (Å²) in [4.78, 5) is 29.1. The number of ether oxygens (including phenoxy) is 3. The number of pyridine rings is 1. The molecular weight excluding hydrogens is 565 g/mol. The van der Waals surface area contributed by atoms with Gasteiger partial charge in [-0.3, -0.25) is 14.8 Å². The summed E-state index contributed by atoms with van der Waals surface area (Å²) in [5.41, 5.74) is 1.44. The number of anilines is 1. The molecule has 43 heavy (non-hydrogen) atoms. The lowest BCUT2D eigenvalue weighted by Crippen LogP contribution is -2.44. The maximum atomic E-state index is 13.8. The number of amides is 1. The second-order valence-corrected chi connectivity index (χ2v) is 9.78. The molecule has 1 atom stereocenters. The first-order valence-corrected chi connectivity index (χ1v) is 13.4. The van der Waals surface area contributed by atoms with E-state index in [4.69, 9.17) is 15.3 Å². The van der Waals surface area contributed by atoms with Crippen LogP contribution in [0.15, 0.2) is 79.1 Å². The first-order valence-electron chi connectivity index (χ1n) is 13.4. The summed E-state index contributed by atoms with van der Waals surface area (Å²) in [5.74, 6) is 4.41. The third-order valence-corrected chi connectivity index (χ3v) is 6.20. The van der Waals surface area contributed by atoms with Crippen LogP contribution in [0.25, 0.3) is 10.8 Å². The van der Waals surface area contributed by atoms with Crippen molar-refractivity contribution in [2.24, 2.45) is 5.84 Å². The summed E-state index contributed by atoms with van der Waals surface area (Å²) in [5, 5.41) is 5.87. The largest absolute Gasteiger partial charge is 0.491 e. The lowest BCUT2D eigenvalue weighted by atomic mass is 10.0. The number of benzene rings is 3. The molecule has 0 radical (unpaired) electrons. The highest BCUT2D eigenvalue weighted by Crippen LogP contribution is 2.35. The minimum atomic E-state index is -5.14. The molecule has 0 bridgehead atoms. The van der Waals surface area contributed by atoms with Crippen molar-refractivity contribution < 1.29 is 37.0 Å². The molecule has 4 rings (SSSR count). The molecule has 0 spiro atoms. The Kier molecular flexibility index (Phi) is 9.71. The number of aromatic nitrogens is 1. The average Bonchev–Trinajstić information content (AvgIpc) is 2.96. The predicted molar refractivity (Wildman–Crippen MR) is 155 cm³/mol. The molecule has 0 aliphatic heterocycles. The topological polar surface area (TPSA) is 116 Å². The summed E-state index contributed by atoms with van der Waals surface area (Å²) in [7, 11) is 0. The van der Waals surface area contributed by atoms with Gasteiger partial charge in [-0.25, -0.2) is 10.6 Å². The fraction of sp³-hybridized carbons (Fsp3) is 0.258. The molecule has 226 valence electrons. The Morgan fingerprint density at radius 3 is 2.51 bits per heavy atom. The Morgan fingerprint density at radius 1 is 1.00 bits per heavy atom. The van der Waals surface area contributed by atoms with E-state index in [0.717, 1.165) is 10.8 Å². The molecule has 3 aromatic carbocycles. The number of carbonyl (C=O) groups excluding carboxylic acids is 2. The number of hydrogen-bond donors (Lipinski definition) is 2. The van der Waals surface area contributed by atoms with Crippen molar-refractivity contribution in [3.63, 3.8) is 0 Å². The Bertz CT molecular complexity index is 1600. The lowest BCUT2D eigenvalue weighted by Gasteiger charge is -2.29. The molecule has 0 aliphatic rings. The second-order valence-electron chi connectivity index (χ2n) is 9.78. The van der Waals surface area contributed by atoms with Crippen LogP contribution in [0.1, 0.15) is 37.9 Å². The molecule has 9 nitrogen and oxygen atoms in total. The van der Waals surface area contributed by atoms with Crippen LogP contribution < -0.4 is 30.4 Å². The van der Waals surface area contributed by atoms with Crippen molar-refractivity contribution in [3.05, 3.63) is 90.3 Å². The first kappa shape index (κ1) is 31.1. The number of esters is 1. The van der Waals surface area contributed by atoms with Crippen LogP contribution in [0.4, 0.5) is 18.9 Å². The molecule has 0 aliphatic carbocycles. The number of nitrogens with one attached hydrogen (secondary N) is 1. The van der Waals surface area contributed by atoms with E-state index in [1.807, 2.05) is 39.0 Å². The quantitative estimate of drug-likeness (QED) is 0.0992. The Balaban J connectivity index is 1.65. The van der Waals surface area contributed by atoms with Crippen LogP contribution in [0.3, 0.4) is 0 Å². The van der Waals surface area contributed by atoms with Crippen molar-refractivity contribution >= 4 is 28.3 Å². The zero-order valence-electron chi connectivity index (χ0n) is 23.7. The standard InChI is InChI=1S/C31H31F3N4O5/c1-4-41-27-16-22(9-11-26(27)42-19(2)3)28(38(35)24-10-8-23-18-36-13-12-21(23)15-24)29(39)37-17-20-6-5-7-25(14-20)43-30(40)31(32,33)34/h5-16,18-19,28H,4,17,35H2,1-3H3,(H,37,39). The van der Waals surface area contributed by atoms with Gasteiger partial charge in [-0.2, -0.15) is 13.2 Å². The molecule has 0 saturated carbocycles. The van der Waals surface area contributed by atoms with Gasteiger partial charge in [0.05, 0.1) is 18.4 Å². The van der Waals surface area contributed by atoms with Crippen molar-refractivity contribution in [2.75, 3.05) is 11.6 Å². The van der Waals surface area contributed by atoms with E-state index in [2.05, 4.69) is 15.0 Å². The number of carbonyl (C=O) groups is 2. The van der Waals surface area contributed by atoms with Crippen LogP contribution in [-0.2, 0) is 16.1 Å². The molecule has 4 aromatic rings. The molecular formula is C31H31F3N4O5. The zero-order valence-corrected chi connectivity index (χ0v) is 23.7. The zero-order chi connectivity index (χ0) is 31.1. The third-order valence-electron chi connectivity index (χ3n) is 6.20. The molecule has 1 heterocycles. The van der Waals surface area contributed by atoms with E-state index < -0.39 is 24.1 Å².